The molecular formula is C13H23N5O. The number of aryl methyl sites for hydroxylation is 1. The van der Waals surface area contributed by atoms with Gasteiger partial charge in [0.1, 0.15) is 5.82 Å². The third-order valence-electron chi connectivity index (χ3n) is 3.45. The lowest BCUT2D eigenvalue weighted by molar-refractivity contribution is 0.0707. The lowest BCUT2D eigenvalue weighted by Gasteiger charge is -2.29. The minimum atomic E-state index is -0.0585. The zero-order chi connectivity index (χ0) is 13.7. The fraction of sp³-hybridized carbons (Fsp3) is 0.769. The molecule has 2 N–H and O–H groups in total. The van der Waals surface area contributed by atoms with Crippen LogP contribution < -0.4 is 5.32 Å². The Bertz CT molecular complexity index is 411. The number of piperidine rings is 1. The largest absolute Gasteiger partial charge is 0.336 e. The van der Waals surface area contributed by atoms with Crippen LogP contribution >= 0.6 is 0 Å². The highest BCUT2D eigenvalue weighted by Crippen LogP contribution is 2.13. The van der Waals surface area contributed by atoms with E-state index in [9.17, 15) is 4.79 Å². The first kappa shape index (κ1) is 14.0. The molecule has 1 aromatic rings. The van der Waals surface area contributed by atoms with Crippen molar-refractivity contribution in [2.24, 2.45) is 5.92 Å². The zero-order valence-electron chi connectivity index (χ0n) is 11.8. The molecule has 1 aromatic heterocycles. The van der Waals surface area contributed by atoms with E-state index in [2.05, 4.69) is 27.4 Å². The minimum Gasteiger partial charge on any atom is -0.336 e. The second-order valence-corrected chi connectivity index (χ2v) is 5.21. The molecule has 0 aliphatic carbocycles. The molecule has 0 aromatic carbocycles. The summed E-state index contributed by atoms with van der Waals surface area (Å²) in [5.41, 5.74) is 0. The standard InChI is InChI=1S/C13H23N5O/c1-3-7-18(9-11-5-4-6-14-8-11)13(19)12-15-10(2)16-17-12/h11,14H,3-9H2,1-2H3,(H,15,16,17). The van der Waals surface area contributed by atoms with E-state index < -0.39 is 0 Å². The summed E-state index contributed by atoms with van der Waals surface area (Å²) in [6, 6.07) is 0. The van der Waals surface area contributed by atoms with Gasteiger partial charge in [0.15, 0.2) is 0 Å². The van der Waals surface area contributed by atoms with Gasteiger partial charge in [-0.1, -0.05) is 6.92 Å². The fourth-order valence-electron chi connectivity index (χ4n) is 2.52. The van der Waals surface area contributed by atoms with Crippen molar-refractivity contribution in [3.8, 4) is 0 Å². The first-order chi connectivity index (χ1) is 9.20. The average Bonchev–Trinajstić information content (AvgIpc) is 2.85. The molecule has 2 heterocycles. The van der Waals surface area contributed by atoms with Gasteiger partial charge in [0.25, 0.3) is 5.91 Å². The zero-order valence-corrected chi connectivity index (χ0v) is 11.8. The van der Waals surface area contributed by atoms with Crippen molar-refractivity contribution in [1.82, 2.24) is 25.4 Å². The van der Waals surface area contributed by atoms with Gasteiger partial charge < -0.3 is 10.2 Å². The number of aromatic nitrogens is 3. The van der Waals surface area contributed by atoms with E-state index in [4.69, 9.17) is 0 Å². The topological polar surface area (TPSA) is 73.9 Å². The Morgan fingerprint density at radius 1 is 1.53 bits per heavy atom. The highest BCUT2D eigenvalue weighted by Gasteiger charge is 2.23. The van der Waals surface area contributed by atoms with E-state index in [0.717, 1.165) is 32.6 Å². The molecule has 0 spiro atoms. The van der Waals surface area contributed by atoms with Crippen LogP contribution in [0, 0.1) is 12.8 Å². The molecule has 0 bridgehead atoms. The molecule has 1 amide bonds. The summed E-state index contributed by atoms with van der Waals surface area (Å²) in [4.78, 5) is 18.4. The first-order valence-electron chi connectivity index (χ1n) is 7.09. The molecule has 1 atom stereocenters. The number of carbonyl (C=O) groups is 1. The number of carbonyl (C=O) groups excluding carboxylic acids is 1. The van der Waals surface area contributed by atoms with Gasteiger partial charge in [-0.05, 0) is 45.2 Å². The molecule has 1 aliphatic heterocycles. The monoisotopic (exact) mass is 265 g/mol. The van der Waals surface area contributed by atoms with Gasteiger partial charge in [0.2, 0.25) is 5.82 Å². The molecule has 2 rings (SSSR count). The van der Waals surface area contributed by atoms with E-state index in [1.54, 1.807) is 6.92 Å². The molecule has 19 heavy (non-hydrogen) atoms. The first-order valence-corrected chi connectivity index (χ1v) is 7.09. The summed E-state index contributed by atoms with van der Waals surface area (Å²) in [5.74, 6) is 1.45. The Balaban J connectivity index is 1.99. The molecule has 106 valence electrons. The Labute approximate surface area is 114 Å². The SMILES string of the molecule is CCCN(CC1CCCNC1)C(=O)c1n[nH]c(C)n1. The molecule has 1 saturated heterocycles. The number of amides is 1. The third kappa shape index (κ3) is 3.76. The highest BCUT2D eigenvalue weighted by molar-refractivity contribution is 5.90. The molecule has 0 radical (unpaired) electrons. The Hall–Kier alpha value is -1.43. The number of hydrogen-bond acceptors (Lipinski definition) is 4. The van der Waals surface area contributed by atoms with Gasteiger partial charge in [-0.15, -0.1) is 5.10 Å². The summed E-state index contributed by atoms with van der Waals surface area (Å²) < 4.78 is 0. The minimum absolute atomic E-state index is 0.0585. The smallest absolute Gasteiger partial charge is 0.293 e. The second-order valence-electron chi connectivity index (χ2n) is 5.21. The van der Waals surface area contributed by atoms with Gasteiger partial charge in [-0.2, -0.15) is 0 Å². The maximum absolute atomic E-state index is 12.4. The molecule has 1 unspecified atom stereocenters. The van der Waals surface area contributed by atoms with Crippen molar-refractivity contribution in [3.05, 3.63) is 11.6 Å². The number of hydrogen-bond donors (Lipinski definition) is 2. The predicted octanol–water partition coefficient (Wildman–Crippen LogP) is 0.965. The summed E-state index contributed by atoms with van der Waals surface area (Å²) >= 11 is 0. The van der Waals surface area contributed by atoms with Crippen molar-refractivity contribution >= 4 is 5.91 Å². The van der Waals surface area contributed by atoms with Gasteiger partial charge in [-0.25, -0.2) is 4.98 Å². The number of nitrogens with one attached hydrogen (secondary N) is 2. The average molecular weight is 265 g/mol. The Kier molecular flexibility index (Phi) is 4.90. The quantitative estimate of drug-likeness (QED) is 0.832. The Morgan fingerprint density at radius 3 is 2.95 bits per heavy atom. The van der Waals surface area contributed by atoms with Crippen LogP contribution in [0.3, 0.4) is 0 Å². The maximum atomic E-state index is 12.4. The van der Waals surface area contributed by atoms with Crippen LogP contribution in [0.15, 0.2) is 0 Å². The van der Waals surface area contributed by atoms with Crippen LogP contribution in [0.25, 0.3) is 0 Å². The van der Waals surface area contributed by atoms with E-state index in [1.807, 2.05) is 4.90 Å². The van der Waals surface area contributed by atoms with Crippen LogP contribution in [0.2, 0.25) is 0 Å². The lowest BCUT2D eigenvalue weighted by Crippen LogP contribution is -2.41. The molecule has 6 heteroatoms. The lowest BCUT2D eigenvalue weighted by atomic mass is 9.99. The molecule has 6 nitrogen and oxygen atoms in total. The summed E-state index contributed by atoms with van der Waals surface area (Å²) in [6.45, 7) is 7.55. The molecular weight excluding hydrogens is 242 g/mol. The molecule has 1 aliphatic rings. The molecule has 0 saturated carbocycles. The molecule has 1 fully saturated rings. The fourth-order valence-corrected chi connectivity index (χ4v) is 2.52. The van der Waals surface area contributed by atoms with Crippen molar-refractivity contribution in [1.29, 1.82) is 0 Å². The van der Waals surface area contributed by atoms with Gasteiger partial charge in [0, 0.05) is 13.1 Å². The van der Waals surface area contributed by atoms with Crippen molar-refractivity contribution in [2.45, 2.75) is 33.1 Å². The highest BCUT2D eigenvalue weighted by atomic mass is 16.2. The van der Waals surface area contributed by atoms with Gasteiger partial charge >= 0.3 is 0 Å². The van der Waals surface area contributed by atoms with E-state index >= 15 is 0 Å². The number of H-pyrrole nitrogens is 1. The Morgan fingerprint density at radius 2 is 2.37 bits per heavy atom. The van der Waals surface area contributed by atoms with E-state index in [-0.39, 0.29) is 11.7 Å². The summed E-state index contributed by atoms with van der Waals surface area (Å²) in [6.07, 6.45) is 3.33. The van der Waals surface area contributed by atoms with E-state index in [1.165, 1.54) is 12.8 Å². The van der Waals surface area contributed by atoms with Gasteiger partial charge in [-0.3, -0.25) is 9.89 Å². The van der Waals surface area contributed by atoms with E-state index in [0.29, 0.717) is 11.7 Å². The predicted molar refractivity (Wildman–Crippen MR) is 72.9 cm³/mol. The summed E-state index contributed by atoms with van der Waals surface area (Å²) in [5, 5.41) is 10.1. The van der Waals surface area contributed by atoms with Crippen LogP contribution in [0.4, 0.5) is 0 Å². The van der Waals surface area contributed by atoms with Crippen LogP contribution in [0.1, 0.15) is 42.6 Å². The normalized spacial score (nSPS) is 19.4. The van der Waals surface area contributed by atoms with Crippen LogP contribution in [-0.4, -0.2) is 52.2 Å². The van der Waals surface area contributed by atoms with Gasteiger partial charge in [0.05, 0.1) is 0 Å². The van der Waals surface area contributed by atoms with Crippen molar-refractivity contribution in [2.75, 3.05) is 26.2 Å². The van der Waals surface area contributed by atoms with Crippen LogP contribution in [0.5, 0.6) is 0 Å². The number of nitrogens with zero attached hydrogens (tertiary/aromatic N) is 3. The van der Waals surface area contributed by atoms with Crippen molar-refractivity contribution < 1.29 is 4.79 Å². The van der Waals surface area contributed by atoms with Crippen LogP contribution in [-0.2, 0) is 0 Å². The summed E-state index contributed by atoms with van der Waals surface area (Å²) in [7, 11) is 0. The maximum Gasteiger partial charge on any atom is 0.293 e. The number of rotatable bonds is 5. The second kappa shape index (κ2) is 6.65. The van der Waals surface area contributed by atoms with Crippen molar-refractivity contribution in [3.63, 3.8) is 0 Å². The number of aromatic amines is 1. The third-order valence-corrected chi connectivity index (χ3v) is 3.45.